The third kappa shape index (κ3) is 4.11. The van der Waals surface area contributed by atoms with Gasteiger partial charge in [-0.2, -0.15) is 0 Å². The number of fused-ring (bicyclic) bond motifs is 1. The molecule has 0 saturated carbocycles. The highest BCUT2D eigenvalue weighted by atomic mass is 28.4. The first kappa shape index (κ1) is 22.1. The van der Waals surface area contributed by atoms with Gasteiger partial charge in [-0.05, 0) is 36.3 Å². The van der Waals surface area contributed by atoms with Crippen LogP contribution < -0.4 is 0 Å². The van der Waals surface area contributed by atoms with Crippen LogP contribution in [0.2, 0.25) is 36.3 Å². The first-order valence-electron chi connectivity index (χ1n) is 9.66. The Hall–Kier alpha value is -0.216. The summed E-state index contributed by atoms with van der Waals surface area (Å²) in [6.07, 6.45) is -0.317. The Bertz CT molecular complexity index is 547. The predicted octanol–water partition coefficient (Wildman–Crippen LogP) is 4.48. The van der Waals surface area contributed by atoms with E-state index in [2.05, 4.69) is 67.7 Å². The molecule has 0 amide bonds. The van der Waals surface area contributed by atoms with Crippen LogP contribution in [-0.2, 0) is 23.1 Å². The number of hydrogen-bond acceptors (Lipinski definition) is 5. The summed E-state index contributed by atoms with van der Waals surface area (Å²) < 4.78 is 24.8. The van der Waals surface area contributed by atoms with Crippen molar-refractivity contribution in [3.05, 3.63) is 0 Å². The average molecular weight is 403 g/mol. The molecule has 2 aliphatic heterocycles. The zero-order chi connectivity index (χ0) is 20.2. The average Bonchev–Trinajstić information content (AvgIpc) is 2.90. The molecule has 0 aromatic rings. The van der Waals surface area contributed by atoms with E-state index in [0.29, 0.717) is 13.2 Å². The second-order valence-electron chi connectivity index (χ2n) is 10.9. The fourth-order valence-electron chi connectivity index (χ4n) is 2.86. The van der Waals surface area contributed by atoms with Crippen molar-refractivity contribution in [2.24, 2.45) is 0 Å². The summed E-state index contributed by atoms with van der Waals surface area (Å²) in [5, 5.41) is 0.205. The zero-order valence-electron chi connectivity index (χ0n) is 18.3. The molecule has 0 radical (unpaired) electrons. The molecule has 0 N–H and O–H groups in total. The van der Waals surface area contributed by atoms with Crippen molar-refractivity contribution in [1.29, 1.82) is 0 Å². The fraction of sp³-hybridized carbons (Fsp3) is 0.947. The minimum atomic E-state index is -1.98. The molecule has 5 nitrogen and oxygen atoms in total. The SMILES string of the molecule is CC(C)(C)[Si](C)(C)OC[C@]12CC(=O)O[C@H]1[C@H](O[Si](C)(C)C(C)(C)C)CO2. The van der Waals surface area contributed by atoms with E-state index in [-0.39, 0.29) is 34.7 Å². The standard InChI is InChI=1S/C19H38O5Si2/c1-17(2,3)25(7,8)22-13-19-11-15(20)23-16(19)14(12-21-19)24-26(9,10)18(4,5)6/h14,16H,11-13H2,1-10H3/t14-,16+,19-/m1/s1. The Kier molecular flexibility index (Phi) is 5.68. The van der Waals surface area contributed by atoms with E-state index in [1.807, 2.05) is 0 Å². The fourth-order valence-corrected chi connectivity index (χ4v) is 5.20. The van der Waals surface area contributed by atoms with E-state index in [1.165, 1.54) is 0 Å². The third-order valence-corrected chi connectivity index (χ3v) is 15.8. The van der Waals surface area contributed by atoms with Gasteiger partial charge in [0, 0.05) is 0 Å². The highest BCUT2D eigenvalue weighted by Gasteiger charge is 2.61. The van der Waals surface area contributed by atoms with Gasteiger partial charge in [-0.25, -0.2) is 0 Å². The molecule has 0 unspecified atom stereocenters. The molecule has 0 bridgehead atoms. The van der Waals surface area contributed by atoms with Crippen LogP contribution in [0.15, 0.2) is 0 Å². The lowest BCUT2D eigenvalue weighted by molar-refractivity contribution is -0.144. The van der Waals surface area contributed by atoms with E-state index in [0.717, 1.165) is 0 Å². The van der Waals surface area contributed by atoms with Crippen LogP contribution in [0.4, 0.5) is 0 Å². The second-order valence-corrected chi connectivity index (χ2v) is 20.5. The van der Waals surface area contributed by atoms with Gasteiger partial charge in [-0.15, -0.1) is 0 Å². The van der Waals surface area contributed by atoms with Gasteiger partial charge < -0.3 is 18.3 Å². The van der Waals surface area contributed by atoms with E-state index in [1.54, 1.807) is 0 Å². The monoisotopic (exact) mass is 402 g/mol. The lowest BCUT2D eigenvalue weighted by Crippen LogP contribution is -2.52. The van der Waals surface area contributed by atoms with Gasteiger partial charge in [0.05, 0.1) is 19.6 Å². The van der Waals surface area contributed by atoms with E-state index < -0.39 is 22.2 Å². The summed E-state index contributed by atoms with van der Waals surface area (Å²) in [5.41, 5.74) is -0.695. The number of hydrogen-bond donors (Lipinski definition) is 0. The molecule has 0 aromatic carbocycles. The molecule has 0 aliphatic carbocycles. The molecule has 7 heteroatoms. The quantitative estimate of drug-likeness (QED) is 0.501. The van der Waals surface area contributed by atoms with Gasteiger partial charge in [-0.1, -0.05) is 41.5 Å². The molecular weight excluding hydrogens is 364 g/mol. The number of rotatable bonds is 5. The van der Waals surface area contributed by atoms with Crippen LogP contribution in [-0.4, -0.2) is 53.6 Å². The molecule has 0 aromatic heterocycles. The summed E-state index contributed by atoms with van der Waals surface area (Å²) in [4.78, 5) is 12.1. The Morgan fingerprint density at radius 2 is 1.58 bits per heavy atom. The number of carbonyl (C=O) groups excluding carboxylic acids is 1. The van der Waals surface area contributed by atoms with Gasteiger partial charge in [0.15, 0.2) is 22.7 Å². The van der Waals surface area contributed by atoms with Crippen molar-refractivity contribution in [3.63, 3.8) is 0 Å². The van der Waals surface area contributed by atoms with Crippen molar-refractivity contribution in [2.45, 2.75) is 102 Å². The largest absolute Gasteiger partial charge is 0.456 e. The Balaban J connectivity index is 2.15. The van der Waals surface area contributed by atoms with Gasteiger partial charge >= 0.3 is 5.97 Å². The van der Waals surface area contributed by atoms with Crippen LogP contribution in [0.5, 0.6) is 0 Å². The Labute approximate surface area is 161 Å². The van der Waals surface area contributed by atoms with Crippen LogP contribution >= 0.6 is 0 Å². The molecular formula is C19H38O5Si2. The minimum Gasteiger partial charge on any atom is -0.456 e. The van der Waals surface area contributed by atoms with Gasteiger partial charge in [-0.3, -0.25) is 4.79 Å². The highest BCUT2D eigenvalue weighted by Crippen LogP contribution is 2.45. The van der Waals surface area contributed by atoms with Crippen LogP contribution in [0.25, 0.3) is 0 Å². The van der Waals surface area contributed by atoms with Crippen molar-refractivity contribution in [3.8, 4) is 0 Å². The number of ether oxygens (including phenoxy) is 2. The maximum absolute atomic E-state index is 12.1. The second kappa shape index (κ2) is 6.69. The molecule has 2 rings (SSSR count). The van der Waals surface area contributed by atoms with Crippen molar-refractivity contribution in [1.82, 2.24) is 0 Å². The van der Waals surface area contributed by atoms with Crippen molar-refractivity contribution >= 4 is 22.6 Å². The lowest BCUT2D eigenvalue weighted by Gasteiger charge is -2.40. The highest BCUT2D eigenvalue weighted by molar-refractivity contribution is 6.74. The van der Waals surface area contributed by atoms with Crippen molar-refractivity contribution in [2.75, 3.05) is 13.2 Å². The van der Waals surface area contributed by atoms with E-state index >= 15 is 0 Å². The molecule has 2 saturated heterocycles. The van der Waals surface area contributed by atoms with Gasteiger partial charge in [0.1, 0.15) is 11.7 Å². The Morgan fingerprint density at radius 3 is 2.08 bits per heavy atom. The molecule has 152 valence electrons. The smallest absolute Gasteiger partial charge is 0.309 e. The molecule has 26 heavy (non-hydrogen) atoms. The molecule has 2 fully saturated rings. The zero-order valence-corrected chi connectivity index (χ0v) is 20.3. The van der Waals surface area contributed by atoms with Crippen molar-refractivity contribution < 1.29 is 23.1 Å². The summed E-state index contributed by atoms with van der Waals surface area (Å²) >= 11 is 0. The summed E-state index contributed by atoms with van der Waals surface area (Å²) in [6.45, 7) is 23.0. The molecule has 2 heterocycles. The Morgan fingerprint density at radius 1 is 1.04 bits per heavy atom. The lowest BCUT2D eigenvalue weighted by atomic mass is 9.96. The molecule has 0 spiro atoms. The normalized spacial score (nSPS) is 30.5. The predicted molar refractivity (Wildman–Crippen MR) is 108 cm³/mol. The van der Waals surface area contributed by atoms with E-state index in [9.17, 15) is 4.79 Å². The number of esters is 1. The molecule has 2 aliphatic rings. The third-order valence-electron chi connectivity index (χ3n) is 6.83. The van der Waals surface area contributed by atoms with Crippen LogP contribution in [0, 0.1) is 0 Å². The summed E-state index contributed by atoms with van der Waals surface area (Å²) in [6, 6.07) is 0. The first-order valence-corrected chi connectivity index (χ1v) is 15.5. The maximum Gasteiger partial charge on any atom is 0.309 e. The van der Waals surface area contributed by atoms with E-state index in [4.69, 9.17) is 18.3 Å². The van der Waals surface area contributed by atoms with Gasteiger partial charge in [0.25, 0.3) is 0 Å². The first-order chi connectivity index (χ1) is 11.5. The maximum atomic E-state index is 12.1. The molecule has 3 atom stereocenters. The summed E-state index contributed by atoms with van der Waals surface area (Å²) in [7, 11) is -3.91. The van der Waals surface area contributed by atoms with Crippen LogP contribution in [0.1, 0.15) is 48.0 Å². The topological polar surface area (TPSA) is 54.0 Å². The number of carbonyl (C=O) groups is 1. The van der Waals surface area contributed by atoms with Gasteiger partial charge in [0.2, 0.25) is 0 Å². The van der Waals surface area contributed by atoms with Crippen LogP contribution in [0.3, 0.4) is 0 Å². The minimum absolute atomic E-state index is 0.0957. The summed E-state index contributed by atoms with van der Waals surface area (Å²) in [5.74, 6) is -0.211.